The van der Waals surface area contributed by atoms with E-state index in [-0.39, 0.29) is 6.42 Å². The normalized spacial score (nSPS) is 11.7. The van der Waals surface area contributed by atoms with Crippen molar-refractivity contribution in [3.05, 3.63) is 11.6 Å². The average molecular weight is 184 g/mol. The fraction of sp³-hybridized carbons (Fsp3) is 0.727. The quantitative estimate of drug-likeness (QED) is 0.486. The Labute approximate surface area is 80.7 Å². The van der Waals surface area contributed by atoms with E-state index in [9.17, 15) is 4.79 Å². The number of hydrogen-bond acceptors (Lipinski definition) is 1. The number of carboxylic acids is 1. The SMILES string of the molecule is CCCCCC/C(C)=C/CC(=O)O. The van der Waals surface area contributed by atoms with Crippen LogP contribution in [0.1, 0.15) is 52.4 Å². The van der Waals surface area contributed by atoms with Crippen LogP contribution in [0.2, 0.25) is 0 Å². The molecule has 0 bridgehead atoms. The first-order valence-corrected chi connectivity index (χ1v) is 5.04. The Morgan fingerprint density at radius 1 is 1.31 bits per heavy atom. The van der Waals surface area contributed by atoms with Gasteiger partial charge in [-0.1, -0.05) is 37.8 Å². The highest BCUT2D eigenvalue weighted by atomic mass is 16.4. The largest absolute Gasteiger partial charge is 0.481 e. The summed E-state index contributed by atoms with van der Waals surface area (Å²) in [6.45, 7) is 4.20. The number of aliphatic carboxylic acids is 1. The highest BCUT2D eigenvalue weighted by Gasteiger charge is 1.94. The first-order chi connectivity index (χ1) is 6.16. The minimum atomic E-state index is -0.743. The topological polar surface area (TPSA) is 37.3 Å². The molecule has 76 valence electrons. The first-order valence-electron chi connectivity index (χ1n) is 5.04. The lowest BCUT2D eigenvalue weighted by Gasteiger charge is -1.99. The van der Waals surface area contributed by atoms with Crippen LogP contribution in [0.5, 0.6) is 0 Å². The minimum Gasteiger partial charge on any atom is -0.481 e. The van der Waals surface area contributed by atoms with Crippen molar-refractivity contribution in [3.63, 3.8) is 0 Å². The Morgan fingerprint density at radius 2 is 2.00 bits per heavy atom. The Bertz CT molecular complexity index is 171. The minimum absolute atomic E-state index is 0.166. The Balaban J connectivity index is 3.43. The lowest BCUT2D eigenvalue weighted by Crippen LogP contribution is -1.91. The van der Waals surface area contributed by atoms with Crippen molar-refractivity contribution >= 4 is 5.97 Å². The molecule has 1 N–H and O–H groups in total. The second kappa shape index (κ2) is 7.84. The van der Waals surface area contributed by atoms with Gasteiger partial charge in [0.2, 0.25) is 0 Å². The highest BCUT2D eigenvalue weighted by molar-refractivity contribution is 5.68. The molecule has 0 radical (unpaired) electrons. The van der Waals surface area contributed by atoms with Gasteiger partial charge in [0.1, 0.15) is 0 Å². The van der Waals surface area contributed by atoms with Crippen LogP contribution in [0.4, 0.5) is 0 Å². The van der Waals surface area contributed by atoms with Gasteiger partial charge in [0.25, 0.3) is 0 Å². The molecule has 0 aromatic carbocycles. The van der Waals surface area contributed by atoms with Crippen molar-refractivity contribution in [2.75, 3.05) is 0 Å². The number of carbonyl (C=O) groups is 1. The van der Waals surface area contributed by atoms with E-state index in [0.29, 0.717) is 0 Å². The standard InChI is InChI=1S/C11H20O2/c1-3-4-5-6-7-10(2)8-9-11(12)13/h8H,3-7,9H2,1-2H3,(H,12,13)/b10-8+. The predicted molar refractivity (Wildman–Crippen MR) is 54.8 cm³/mol. The van der Waals surface area contributed by atoms with Gasteiger partial charge in [-0.2, -0.15) is 0 Å². The van der Waals surface area contributed by atoms with Gasteiger partial charge in [0.15, 0.2) is 0 Å². The molecule has 2 heteroatoms. The van der Waals surface area contributed by atoms with Crippen LogP contribution in [0.25, 0.3) is 0 Å². The molecule has 0 aromatic rings. The molecule has 0 unspecified atom stereocenters. The number of carboxylic acid groups (broad SMARTS) is 1. The molecule has 0 saturated heterocycles. The highest BCUT2D eigenvalue weighted by Crippen LogP contribution is 2.09. The molecule has 0 heterocycles. The van der Waals surface area contributed by atoms with E-state index >= 15 is 0 Å². The van der Waals surface area contributed by atoms with Gasteiger partial charge in [-0.25, -0.2) is 0 Å². The lowest BCUT2D eigenvalue weighted by atomic mass is 10.1. The van der Waals surface area contributed by atoms with Crippen LogP contribution in [-0.4, -0.2) is 11.1 Å². The third-order valence-corrected chi connectivity index (χ3v) is 2.05. The van der Waals surface area contributed by atoms with Gasteiger partial charge in [-0.05, 0) is 19.8 Å². The summed E-state index contributed by atoms with van der Waals surface area (Å²) in [7, 11) is 0. The molecule has 0 aliphatic rings. The molecular formula is C11H20O2. The third-order valence-electron chi connectivity index (χ3n) is 2.05. The van der Waals surface area contributed by atoms with Crippen molar-refractivity contribution in [1.29, 1.82) is 0 Å². The molecule has 0 fully saturated rings. The Hall–Kier alpha value is -0.790. The van der Waals surface area contributed by atoms with Gasteiger partial charge in [-0.3, -0.25) is 4.79 Å². The van der Waals surface area contributed by atoms with E-state index in [1.807, 2.05) is 13.0 Å². The van der Waals surface area contributed by atoms with Crippen LogP contribution in [0, 0.1) is 0 Å². The predicted octanol–water partition coefficient (Wildman–Crippen LogP) is 3.38. The van der Waals surface area contributed by atoms with Crippen molar-refractivity contribution in [3.8, 4) is 0 Å². The van der Waals surface area contributed by atoms with E-state index in [0.717, 1.165) is 6.42 Å². The van der Waals surface area contributed by atoms with Crippen LogP contribution in [0.3, 0.4) is 0 Å². The molecule has 0 amide bonds. The summed E-state index contributed by atoms with van der Waals surface area (Å²) in [5.74, 6) is -0.743. The van der Waals surface area contributed by atoms with Gasteiger partial charge >= 0.3 is 5.97 Å². The second-order valence-corrected chi connectivity index (χ2v) is 3.46. The Morgan fingerprint density at radius 3 is 2.54 bits per heavy atom. The van der Waals surface area contributed by atoms with Crippen LogP contribution < -0.4 is 0 Å². The summed E-state index contributed by atoms with van der Waals surface area (Å²) in [6, 6.07) is 0. The van der Waals surface area contributed by atoms with Crippen molar-refractivity contribution in [2.24, 2.45) is 0 Å². The summed E-state index contributed by atoms with van der Waals surface area (Å²) >= 11 is 0. The van der Waals surface area contributed by atoms with Crippen LogP contribution in [-0.2, 0) is 4.79 Å². The summed E-state index contributed by atoms with van der Waals surface area (Å²) in [6.07, 6.45) is 8.01. The van der Waals surface area contributed by atoms with Crippen molar-refractivity contribution < 1.29 is 9.90 Å². The summed E-state index contributed by atoms with van der Waals surface area (Å²) in [5.41, 5.74) is 1.21. The van der Waals surface area contributed by atoms with Crippen molar-refractivity contribution in [2.45, 2.75) is 52.4 Å². The molecule has 0 rings (SSSR count). The molecule has 0 spiro atoms. The summed E-state index contributed by atoms with van der Waals surface area (Å²) < 4.78 is 0. The molecule has 0 aliphatic carbocycles. The third kappa shape index (κ3) is 9.12. The number of rotatable bonds is 7. The molecule has 0 aromatic heterocycles. The van der Waals surface area contributed by atoms with E-state index in [4.69, 9.17) is 5.11 Å². The molecule has 0 atom stereocenters. The summed E-state index contributed by atoms with van der Waals surface area (Å²) in [5, 5.41) is 8.43. The summed E-state index contributed by atoms with van der Waals surface area (Å²) in [4.78, 5) is 10.2. The second-order valence-electron chi connectivity index (χ2n) is 3.46. The zero-order valence-corrected chi connectivity index (χ0v) is 8.68. The molecule has 0 saturated carbocycles. The number of hydrogen-bond donors (Lipinski definition) is 1. The molecule has 2 nitrogen and oxygen atoms in total. The fourth-order valence-corrected chi connectivity index (χ4v) is 1.19. The van der Waals surface area contributed by atoms with Crippen LogP contribution >= 0.6 is 0 Å². The monoisotopic (exact) mass is 184 g/mol. The lowest BCUT2D eigenvalue weighted by molar-refractivity contribution is -0.136. The first kappa shape index (κ1) is 12.2. The van der Waals surface area contributed by atoms with E-state index in [1.165, 1.54) is 31.3 Å². The fourth-order valence-electron chi connectivity index (χ4n) is 1.19. The molecular weight excluding hydrogens is 164 g/mol. The zero-order chi connectivity index (χ0) is 10.1. The smallest absolute Gasteiger partial charge is 0.307 e. The van der Waals surface area contributed by atoms with Gasteiger partial charge in [-0.15, -0.1) is 0 Å². The maximum atomic E-state index is 10.2. The maximum Gasteiger partial charge on any atom is 0.307 e. The van der Waals surface area contributed by atoms with E-state index < -0.39 is 5.97 Å². The van der Waals surface area contributed by atoms with E-state index in [2.05, 4.69) is 6.92 Å². The van der Waals surface area contributed by atoms with E-state index in [1.54, 1.807) is 0 Å². The average Bonchev–Trinajstić information content (AvgIpc) is 2.09. The number of unbranched alkanes of at least 4 members (excludes halogenated alkanes) is 3. The van der Waals surface area contributed by atoms with Crippen molar-refractivity contribution in [1.82, 2.24) is 0 Å². The Kier molecular flexibility index (Phi) is 7.36. The van der Waals surface area contributed by atoms with Gasteiger partial charge in [0.05, 0.1) is 6.42 Å². The van der Waals surface area contributed by atoms with Crippen LogP contribution in [0.15, 0.2) is 11.6 Å². The molecule has 13 heavy (non-hydrogen) atoms. The maximum absolute atomic E-state index is 10.2. The zero-order valence-electron chi connectivity index (χ0n) is 8.68. The molecule has 0 aliphatic heterocycles. The van der Waals surface area contributed by atoms with Gasteiger partial charge in [0, 0.05) is 0 Å². The van der Waals surface area contributed by atoms with Gasteiger partial charge < -0.3 is 5.11 Å². The number of allylic oxidation sites excluding steroid dienone is 1.